The molecule has 14 heteroatoms. The third-order valence-corrected chi connectivity index (χ3v) is 12.2. The Kier molecular flexibility index (Phi) is 14.7. The van der Waals surface area contributed by atoms with Gasteiger partial charge in [-0.3, -0.25) is 8.37 Å². The molecule has 0 aliphatic heterocycles. The quantitative estimate of drug-likeness (QED) is 0.134. The first-order chi connectivity index (χ1) is 14.7. The summed E-state index contributed by atoms with van der Waals surface area (Å²) in [6.45, 7) is 9.90. The molecule has 0 rings (SSSR count). The molecule has 0 amide bonds. The van der Waals surface area contributed by atoms with Gasteiger partial charge in [0, 0.05) is 12.3 Å². The topological polar surface area (TPSA) is 139 Å². The molecule has 0 spiro atoms. The van der Waals surface area contributed by atoms with Gasteiger partial charge in [-0.05, 0) is 53.4 Å². The molecule has 32 heavy (non-hydrogen) atoms. The number of unbranched alkanes of at least 4 members (excludes halogenated alkanes) is 1. The first-order valence-corrected chi connectivity index (χ1v) is 17.2. The van der Waals surface area contributed by atoms with E-state index in [0.29, 0.717) is 38.0 Å². The van der Waals surface area contributed by atoms with E-state index in [-0.39, 0.29) is 13.2 Å². The van der Waals surface area contributed by atoms with Gasteiger partial charge in [0.1, 0.15) is 26.3 Å². The Hall–Kier alpha value is 0.200. The lowest BCUT2D eigenvalue weighted by Gasteiger charge is -2.29. The van der Waals surface area contributed by atoms with Crippen LogP contribution in [0.25, 0.3) is 0 Å². The van der Waals surface area contributed by atoms with E-state index in [1.807, 2.05) is 0 Å². The molecule has 0 aliphatic carbocycles. The van der Waals surface area contributed by atoms with Gasteiger partial charge in [0.2, 0.25) is 0 Å². The standard InChI is InChI=1S/C18H40O10P2S2/c1-7-17(5,25-15-31(21,22)27-9-3)29(19)13-11-12-14-30(20)18(6,8-2)26-16-32(23,24)28-10-4/h29-30H,7-16H2,1-6H3. The third kappa shape index (κ3) is 11.6. The van der Waals surface area contributed by atoms with Crippen molar-refractivity contribution in [3.8, 4) is 0 Å². The van der Waals surface area contributed by atoms with Crippen LogP contribution in [0.5, 0.6) is 0 Å². The van der Waals surface area contributed by atoms with Crippen molar-refractivity contribution in [3.63, 3.8) is 0 Å². The zero-order valence-electron chi connectivity index (χ0n) is 20.0. The highest BCUT2D eigenvalue weighted by Gasteiger charge is 2.34. The minimum absolute atomic E-state index is 0.000876. The molecule has 194 valence electrons. The van der Waals surface area contributed by atoms with E-state index < -0.39 is 58.4 Å². The van der Waals surface area contributed by atoms with Crippen LogP contribution in [0.2, 0.25) is 0 Å². The first-order valence-electron chi connectivity index (χ1n) is 10.8. The van der Waals surface area contributed by atoms with Gasteiger partial charge >= 0.3 is 0 Å². The van der Waals surface area contributed by atoms with E-state index in [4.69, 9.17) is 9.47 Å². The van der Waals surface area contributed by atoms with Gasteiger partial charge < -0.3 is 18.6 Å². The molecule has 0 saturated carbocycles. The maximum Gasteiger partial charge on any atom is 0.291 e. The number of hydrogen-bond acceptors (Lipinski definition) is 10. The molecule has 4 atom stereocenters. The fourth-order valence-electron chi connectivity index (χ4n) is 2.69. The number of rotatable bonds is 19. The van der Waals surface area contributed by atoms with Crippen molar-refractivity contribution in [2.45, 2.75) is 77.9 Å². The van der Waals surface area contributed by atoms with Crippen LogP contribution in [-0.4, -0.2) is 64.9 Å². The maximum absolute atomic E-state index is 12.8. The highest BCUT2D eigenvalue weighted by atomic mass is 32.2. The molecule has 0 fully saturated rings. The summed E-state index contributed by atoms with van der Waals surface area (Å²) in [5.74, 6) is -1.32. The van der Waals surface area contributed by atoms with Gasteiger partial charge in [0.05, 0.1) is 13.2 Å². The van der Waals surface area contributed by atoms with Crippen molar-refractivity contribution in [1.29, 1.82) is 0 Å². The molecule has 0 N–H and O–H groups in total. The zero-order chi connectivity index (χ0) is 25.1. The van der Waals surface area contributed by atoms with E-state index in [0.717, 1.165) is 0 Å². The highest BCUT2D eigenvalue weighted by molar-refractivity contribution is 7.86. The summed E-state index contributed by atoms with van der Waals surface area (Å²) in [5.41, 5.74) is 0. The Morgan fingerprint density at radius 3 is 1.22 bits per heavy atom. The van der Waals surface area contributed by atoms with E-state index in [9.17, 15) is 26.0 Å². The smallest absolute Gasteiger partial charge is 0.291 e. The third-order valence-electron chi connectivity index (χ3n) is 5.23. The Labute approximate surface area is 194 Å². The Balaban J connectivity index is 4.72. The molecule has 4 unspecified atom stereocenters. The van der Waals surface area contributed by atoms with Crippen LogP contribution in [-0.2, 0) is 47.2 Å². The van der Waals surface area contributed by atoms with Gasteiger partial charge in [-0.2, -0.15) is 16.8 Å². The Bertz CT molecular complexity index is 748. The molecule has 0 saturated heterocycles. The van der Waals surface area contributed by atoms with Crippen LogP contribution in [0, 0.1) is 0 Å². The molecule has 0 aromatic carbocycles. The highest BCUT2D eigenvalue weighted by Crippen LogP contribution is 2.46. The zero-order valence-corrected chi connectivity index (χ0v) is 23.6. The van der Waals surface area contributed by atoms with Crippen molar-refractivity contribution in [2.75, 3.05) is 37.4 Å². The summed E-state index contributed by atoms with van der Waals surface area (Å²) in [7, 11) is -12.3. The normalized spacial score (nSPS) is 18.6. The molecule has 0 aromatic heterocycles. The molecule has 0 aliphatic rings. The average Bonchev–Trinajstić information content (AvgIpc) is 2.73. The summed E-state index contributed by atoms with van der Waals surface area (Å²) < 4.78 is 92.6. The van der Waals surface area contributed by atoms with Gasteiger partial charge in [-0.25, -0.2) is 0 Å². The summed E-state index contributed by atoms with van der Waals surface area (Å²) in [4.78, 5) is 0. The maximum atomic E-state index is 12.8. The van der Waals surface area contributed by atoms with Crippen molar-refractivity contribution in [1.82, 2.24) is 0 Å². The summed E-state index contributed by atoms with van der Waals surface area (Å²) in [5, 5.41) is -2.15. The van der Waals surface area contributed by atoms with Gasteiger partial charge in [-0.1, -0.05) is 13.8 Å². The van der Waals surface area contributed by atoms with E-state index >= 15 is 0 Å². The molecule has 10 nitrogen and oxygen atoms in total. The van der Waals surface area contributed by atoms with Gasteiger partial charge in [0.25, 0.3) is 20.2 Å². The number of ether oxygens (including phenoxy) is 2. The predicted molar refractivity (Wildman–Crippen MR) is 127 cm³/mol. The van der Waals surface area contributed by atoms with Crippen molar-refractivity contribution < 1.29 is 43.8 Å². The fourth-order valence-corrected chi connectivity index (χ4v) is 8.02. The van der Waals surface area contributed by atoms with E-state index in [2.05, 4.69) is 8.37 Å². The number of hydrogen-bond donors (Lipinski definition) is 0. The van der Waals surface area contributed by atoms with Gasteiger partial charge in [-0.15, -0.1) is 0 Å². The second-order valence-electron chi connectivity index (χ2n) is 7.68. The molecular weight excluding hydrogens is 502 g/mol. The molecule has 0 heterocycles. The Morgan fingerprint density at radius 1 is 0.656 bits per heavy atom. The fraction of sp³-hybridized carbons (Fsp3) is 1.00. The monoisotopic (exact) mass is 542 g/mol. The van der Waals surface area contributed by atoms with Crippen LogP contribution in [0.1, 0.15) is 67.2 Å². The lowest BCUT2D eigenvalue weighted by atomic mass is 10.3. The second kappa shape index (κ2) is 14.6. The predicted octanol–water partition coefficient (Wildman–Crippen LogP) is 3.82. The van der Waals surface area contributed by atoms with Crippen molar-refractivity contribution >= 4 is 35.8 Å². The molecule has 0 aromatic rings. The van der Waals surface area contributed by atoms with Crippen molar-refractivity contribution in [3.05, 3.63) is 0 Å². The lowest BCUT2D eigenvalue weighted by molar-refractivity contribution is 0.0547. The van der Waals surface area contributed by atoms with Crippen LogP contribution < -0.4 is 0 Å². The Morgan fingerprint density at radius 2 is 0.969 bits per heavy atom. The SMILES string of the molecule is CCOS(=O)(=O)COC(C)(CC)[PH](=O)CCCC[PH](=O)C(C)(CC)OCS(=O)(=O)OCC. The summed E-state index contributed by atoms with van der Waals surface area (Å²) in [6.07, 6.45) is 2.42. The largest absolute Gasteiger partial charge is 0.349 e. The van der Waals surface area contributed by atoms with E-state index in [1.165, 1.54) is 0 Å². The van der Waals surface area contributed by atoms with Crippen LogP contribution in [0.4, 0.5) is 0 Å². The second-order valence-corrected chi connectivity index (χ2v) is 15.7. The lowest BCUT2D eigenvalue weighted by Crippen LogP contribution is -2.28. The van der Waals surface area contributed by atoms with Gasteiger partial charge in [0.15, 0.2) is 11.9 Å². The van der Waals surface area contributed by atoms with Crippen LogP contribution in [0.3, 0.4) is 0 Å². The average molecular weight is 543 g/mol. The minimum atomic E-state index is -3.83. The summed E-state index contributed by atoms with van der Waals surface area (Å²) in [6, 6.07) is 0. The van der Waals surface area contributed by atoms with Crippen LogP contribution >= 0.6 is 15.6 Å². The van der Waals surface area contributed by atoms with Crippen molar-refractivity contribution in [2.24, 2.45) is 0 Å². The first kappa shape index (κ1) is 32.2. The summed E-state index contributed by atoms with van der Waals surface area (Å²) >= 11 is 0. The minimum Gasteiger partial charge on any atom is -0.349 e. The van der Waals surface area contributed by atoms with E-state index in [1.54, 1.807) is 41.5 Å². The molecule has 0 radical (unpaired) electrons. The van der Waals surface area contributed by atoms with Crippen LogP contribution in [0.15, 0.2) is 0 Å². The molecular formula is C18H40O10P2S2. The molecule has 0 bridgehead atoms.